The first-order valence-electron chi connectivity index (χ1n) is 8.24. The van der Waals surface area contributed by atoms with Gasteiger partial charge in [-0.05, 0) is 44.4 Å². The molecule has 24 heavy (non-hydrogen) atoms. The average Bonchev–Trinajstić information content (AvgIpc) is 2.86. The topological polar surface area (TPSA) is 79.2 Å². The number of aliphatic hydroxyl groups is 1. The highest BCUT2D eigenvalue weighted by molar-refractivity contribution is 5.91. The van der Waals surface area contributed by atoms with Crippen molar-refractivity contribution in [2.45, 2.75) is 40.2 Å². The number of aliphatic hydroxyl groups excluding tert-OH is 1. The number of benzene rings is 1. The molecule has 0 spiro atoms. The van der Waals surface area contributed by atoms with E-state index in [1.807, 2.05) is 62.7 Å². The highest BCUT2D eigenvalue weighted by Gasteiger charge is 2.12. The molecule has 6 heteroatoms. The Morgan fingerprint density at radius 3 is 2.62 bits per heavy atom. The SMILES string of the molecule is Cc1cc(C)n(-c2ccccc2NC(=O)NCCC(O)C(C)C)n1. The summed E-state index contributed by atoms with van der Waals surface area (Å²) in [5, 5.41) is 19.9. The summed E-state index contributed by atoms with van der Waals surface area (Å²) in [6.07, 6.45) is 0.122. The maximum Gasteiger partial charge on any atom is 0.319 e. The van der Waals surface area contributed by atoms with Crippen LogP contribution in [-0.2, 0) is 0 Å². The summed E-state index contributed by atoms with van der Waals surface area (Å²) >= 11 is 0. The Bertz CT molecular complexity index is 694. The minimum absolute atomic E-state index is 0.182. The van der Waals surface area contributed by atoms with Gasteiger partial charge in [0, 0.05) is 12.2 Å². The maximum atomic E-state index is 12.1. The third-order valence-electron chi connectivity index (χ3n) is 3.89. The summed E-state index contributed by atoms with van der Waals surface area (Å²) in [5.74, 6) is 0.182. The van der Waals surface area contributed by atoms with Crippen LogP contribution < -0.4 is 10.6 Å². The van der Waals surface area contributed by atoms with Gasteiger partial charge in [-0.1, -0.05) is 26.0 Å². The fourth-order valence-corrected chi connectivity index (χ4v) is 2.47. The highest BCUT2D eigenvalue weighted by atomic mass is 16.3. The first-order valence-corrected chi connectivity index (χ1v) is 8.24. The molecular weight excluding hydrogens is 304 g/mol. The minimum Gasteiger partial charge on any atom is -0.393 e. The lowest BCUT2D eigenvalue weighted by Crippen LogP contribution is -2.32. The summed E-state index contributed by atoms with van der Waals surface area (Å²) < 4.78 is 1.81. The monoisotopic (exact) mass is 330 g/mol. The molecule has 1 atom stereocenters. The maximum absolute atomic E-state index is 12.1. The van der Waals surface area contributed by atoms with E-state index in [-0.39, 0.29) is 11.9 Å². The Hall–Kier alpha value is -2.34. The van der Waals surface area contributed by atoms with Crippen LogP contribution in [-0.4, -0.2) is 33.6 Å². The fourth-order valence-electron chi connectivity index (χ4n) is 2.47. The van der Waals surface area contributed by atoms with Crippen LogP contribution in [0.1, 0.15) is 31.7 Å². The number of anilines is 1. The van der Waals surface area contributed by atoms with Crippen LogP contribution in [0.25, 0.3) is 5.69 Å². The molecule has 1 aromatic heterocycles. The third-order valence-corrected chi connectivity index (χ3v) is 3.89. The molecule has 2 aromatic rings. The molecule has 1 heterocycles. The molecule has 0 saturated carbocycles. The van der Waals surface area contributed by atoms with Crippen molar-refractivity contribution in [2.75, 3.05) is 11.9 Å². The molecule has 0 aliphatic carbocycles. The van der Waals surface area contributed by atoms with Crippen molar-refractivity contribution in [1.29, 1.82) is 0 Å². The molecule has 2 amide bonds. The first kappa shape index (κ1) is 18.0. The molecular formula is C18H26N4O2. The first-order chi connectivity index (χ1) is 11.4. The van der Waals surface area contributed by atoms with Crippen LogP contribution in [0.4, 0.5) is 10.5 Å². The number of rotatable bonds is 6. The summed E-state index contributed by atoms with van der Waals surface area (Å²) in [7, 11) is 0. The fraction of sp³-hybridized carbons (Fsp3) is 0.444. The lowest BCUT2D eigenvalue weighted by Gasteiger charge is -2.16. The van der Waals surface area contributed by atoms with Crippen LogP contribution >= 0.6 is 0 Å². The van der Waals surface area contributed by atoms with Crippen molar-refractivity contribution < 1.29 is 9.90 Å². The number of para-hydroxylation sites is 2. The lowest BCUT2D eigenvalue weighted by atomic mass is 10.0. The van der Waals surface area contributed by atoms with Gasteiger partial charge < -0.3 is 15.7 Å². The van der Waals surface area contributed by atoms with Crippen molar-refractivity contribution in [3.05, 3.63) is 41.7 Å². The van der Waals surface area contributed by atoms with Crippen molar-refractivity contribution in [2.24, 2.45) is 5.92 Å². The second-order valence-corrected chi connectivity index (χ2v) is 6.34. The number of urea groups is 1. The standard InChI is InChI=1S/C18H26N4O2/c1-12(2)17(23)9-10-19-18(24)20-15-7-5-6-8-16(15)22-14(4)11-13(3)21-22/h5-8,11-12,17,23H,9-10H2,1-4H3,(H2,19,20,24). The van der Waals surface area contributed by atoms with E-state index >= 15 is 0 Å². The van der Waals surface area contributed by atoms with Crippen LogP contribution in [0.2, 0.25) is 0 Å². The van der Waals surface area contributed by atoms with E-state index < -0.39 is 6.10 Å². The summed E-state index contributed by atoms with van der Waals surface area (Å²) in [4.78, 5) is 12.1. The Morgan fingerprint density at radius 2 is 2.00 bits per heavy atom. The van der Waals surface area contributed by atoms with Crippen LogP contribution in [0, 0.1) is 19.8 Å². The minimum atomic E-state index is -0.410. The van der Waals surface area contributed by atoms with Gasteiger partial charge in [0.15, 0.2) is 0 Å². The van der Waals surface area contributed by atoms with Crippen LogP contribution in [0.15, 0.2) is 30.3 Å². The quantitative estimate of drug-likeness (QED) is 0.762. The van der Waals surface area contributed by atoms with Crippen LogP contribution in [0.3, 0.4) is 0 Å². The Kier molecular flexibility index (Phi) is 5.98. The molecule has 2 rings (SSSR count). The number of nitrogens with zero attached hydrogens (tertiary/aromatic N) is 2. The van der Waals surface area contributed by atoms with Gasteiger partial charge in [-0.3, -0.25) is 0 Å². The number of hydrogen-bond acceptors (Lipinski definition) is 3. The Balaban J connectivity index is 2.03. The normalized spacial score (nSPS) is 12.2. The van der Waals surface area contributed by atoms with Crippen molar-refractivity contribution >= 4 is 11.7 Å². The van der Waals surface area contributed by atoms with Gasteiger partial charge in [0.1, 0.15) is 0 Å². The Labute approximate surface area is 142 Å². The molecule has 1 aromatic carbocycles. The number of aryl methyl sites for hydroxylation is 2. The average molecular weight is 330 g/mol. The molecule has 130 valence electrons. The van der Waals surface area contributed by atoms with E-state index in [1.165, 1.54) is 0 Å². The number of amides is 2. The van der Waals surface area contributed by atoms with Gasteiger partial charge in [-0.2, -0.15) is 5.10 Å². The molecule has 0 bridgehead atoms. The van der Waals surface area contributed by atoms with E-state index in [4.69, 9.17) is 0 Å². The zero-order valence-corrected chi connectivity index (χ0v) is 14.7. The Morgan fingerprint density at radius 1 is 1.29 bits per heavy atom. The molecule has 0 radical (unpaired) electrons. The molecule has 0 aliphatic rings. The van der Waals surface area contributed by atoms with Gasteiger partial charge in [0.2, 0.25) is 0 Å². The zero-order valence-electron chi connectivity index (χ0n) is 14.7. The molecule has 3 N–H and O–H groups in total. The van der Waals surface area contributed by atoms with E-state index in [9.17, 15) is 9.90 Å². The van der Waals surface area contributed by atoms with Gasteiger partial charge in [-0.15, -0.1) is 0 Å². The van der Waals surface area contributed by atoms with Crippen molar-refractivity contribution in [3.8, 4) is 5.69 Å². The van der Waals surface area contributed by atoms with E-state index in [0.717, 1.165) is 17.1 Å². The molecule has 0 fully saturated rings. The van der Waals surface area contributed by atoms with Crippen molar-refractivity contribution in [3.63, 3.8) is 0 Å². The number of hydrogen-bond donors (Lipinski definition) is 3. The number of carbonyl (C=O) groups is 1. The van der Waals surface area contributed by atoms with Crippen molar-refractivity contribution in [1.82, 2.24) is 15.1 Å². The predicted octanol–water partition coefficient (Wildman–Crippen LogP) is 3.02. The van der Waals surface area contributed by atoms with Gasteiger partial charge in [-0.25, -0.2) is 9.48 Å². The second-order valence-electron chi connectivity index (χ2n) is 6.34. The van der Waals surface area contributed by atoms with Gasteiger partial charge in [0.25, 0.3) is 0 Å². The number of aromatic nitrogens is 2. The molecule has 0 saturated heterocycles. The number of nitrogens with one attached hydrogen (secondary N) is 2. The van der Waals surface area contributed by atoms with E-state index in [1.54, 1.807) is 0 Å². The molecule has 1 unspecified atom stereocenters. The highest BCUT2D eigenvalue weighted by Crippen LogP contribution is 2.21. The third kappa shape index (κ3) is 4.58. The lowest BCUT2D eigenvalue weighted by molar-refractivity contribution is 0.117. The predicted molar refractivity (Wildman–Crippen MR) is 95.5 cm³/mol. The molecule has 0 aliphatic heterocycles. The summed E-state index contributed by atoms with van der Waals surface area (Å²) in [6.45, 7) is 8.24. The largest absolute Gasteiger partial charge is 0.393 e. The smallest absolute Gasteiger partial charge is 0.319 e. The van der Waals surface area contributed by atoms with Gasteiger partial charge >= 0.3 is 6.03 Å². The van der Waals surface area contributed by atoms with Crippen LogP contribution in [0.5, 0.6) is 0 Å². The summed E-state index contributed by atoms with van der Waals surface area (Å²) in [5.41, 5.74) is 3.43. The zero-order chi connectivity index (χ0) is 17.7. The van der Waals surface area contributed by atoms with E-state index in [2.05, 4.69) is 15.7 Å². The molecule has 6 nitrogen and oxygen atoms in total. The number of carbonyl (C=O) groups excluding carboxylic acids is 1. The summed E-state index contributed by atoms with van der Waals surface area (Å²) in [6, 6.07) is 9.23. The second kappa shape index (κ2) is 7.97. The van der Waals surface area contributed by atoms with Gasteiger partial charge in [0.05, 0.1) is 23.2 Å². The van der Waals surface area contributed by atoms with E-state index in [0.29, 0.717) is 18.7 Å².